The highest BCUT2D eigenvalue weighted by molar-refractivity contribution is 4.85. The minimum Gasteiger partial charge on any atom is -0.300 e. The number of allylic oxidation sites excluding steroid dienone is 2. The average Bonchev–Trinajstić information content (AvgIpc) is 2.60. The molecule has 0 saturated heterocycles. The second-order valence-electron chi connectivity index (χ2n) is 6.77. The Morgan fingerprint density at radius 3 is 1.21 bits per heavy atom. The highest BCUT2D eigenvalue weighted by Gasteiger charge is 2.05. The SMILES string of the molecule is CC/C=C\CN(CCCC)CCCCN(C/C=C\CC)CCCC. The van der Waals surface area contributed by atoms with Crippen LogP contribution in [0.1, 0.15) is 79.1 Å². The first-order valence-electron chi connectivity index (χ1n) is 10.5. The van der Waals surface area contributed by atoms with Crippen LogP contribution >= 0.6 is 0 Å². The maximum atomic E-state index is 2.63. The molecule has 0 heterocycles. The van der Waals surface area contributed by atoms with Crippen molar-refractivity contribution in [1.82, 2.24) is 9.80 Å². The van der Waals surface area contributed by atoms with Gasteiger partial charge < -0.3 is 0 Å². The Labute approximate surface area is 153 Å². The number of hydrogen-bond acceptors (Lipinski definition) is 2. The van der Waals surface area contributed by atoms with E-state index in [2.05, 4.69) is 61.8 Å². The lowest BCUT2D eigenvalue weighted by Crippen LogP contribution is -2.29. The van der Waals surface area contributed by atoms with E-state index in [0.29, 0.717) is 0 Å². The van der Waals surface area contributed by atoms with Gasteiger partial charge in [0.15, 0.2) is 0 Å². The molecule has 0 aliphatic rings. The summed E-state index contributed by atoms with van der Waals surface area (Å²) in [6, 6.07) is 0. The van der Waals surface area contributed by atoms with E-state index in [1.165, 1.54) is 64.7 Å². The van der Waals surface area contributed by atoms with Crippen LogP contribution in [0.2, 0.25) is 0 Å². The van der Waals surface area contributed by atoms with Gasteiger partial charge in [0.25, 0.3) is 0 Å². The van der Waals surface area contributed by atoms with E-state index in [-0.39, 0.29) is 0 Å². The van der Waals surface area contributed by atoms with E-state index in [0.717, 1.165) is 25.9 Å². The first-order chi connectivity index (χ1) is 11.8. The second-order valence-corrected chi connectivity index (χ2v) is 6.77. The molecule has 2 heteroatoms. The molecule has 0 aromatic rings. The molecule has 0 saturated carbocycles. The third kappa shape index (κ3) is 15.0. The summed E-state index contributed by atoms with van der Waals surface area (Å²) in [5.74, 6) is 0. The molecule has 0 aromatic carbocycles. The van der Waals surface area contributed by atoms with Crippen molar-refractivity contribution in [2.24, 2.45) is 0 Å². The summed E-state index contributed by atoms with van der Waals surface area (Å²) >= 11 is 0. The highest BCUT2D eigenvalue weighted by Crippen LogP contribution is 2.03. The number of nitrogens with zero attached hydrogens (tertiary/aromatic N) is 2. The van der Waals surface area contributed by atoms with Crippen molar-refractivity contribution >= 4 is 0 Å². The summed E-state index contributed by atoms with van der Waals surface area (Å²) in [6.45, 7) is 16.3. The molecule has 0 aliphatic heterocycles. The van der Waals surface area contributed by atoms with Crippen LogP contribution in [-0.2, 0) is 0 Å². The lowest BCUT2D eigenvalue weighted by atomic mass is 10.2. The summed E-state index contributed by atoms with van der Waals surface area (Å²) < 4.78 is 0. The Bertz CT molecular complexity index is 266. The van der Waals surface area contributed by atoms with Crippen molar-refractivity contribution in [3.05, 3.63) is 24.3 Å². The zero-order valence-electron chi connectivity index (χ0n) is 17.1. The van der Waals surface area contributed by atoms with E-state index in [4.69, 9.17) is 0 Å². The zero-order chi connectivity index (χ0) is 17.9. The molecular weight excluding hydrogens is 292 g/mol. The fourth-order valence-corrected chi connectivity index (χ4v) is 2.80. The van der Waals surface area contributed by atoms with Gasteiger partial charge in [-0.15, -0.1) is 0 Å². The second kappa shape index (κ2) is 18.7. The first-order valence-corrected chi connectivity index (χ1v) is 10.5. The molecule has 24 heavy (non-hydrogen) atoms. The Balaban J connectivity index is 4.08. The third-order valence-corrected chi connectivity index (χ3v) is 4.39. The first kappa shape index (κ1) is 23.4. The van der Waals surface area contributed by atoms with Crippen LogP contribution in [0, 0.1) is 0 Å². The molecule has 142 valence electrons. The molecule has 0 spiro atoms. The lowest BCUT2D eigenvalue weighted by Gasteiger charge is -2.23. The summed E-state index contributed by atoms with van der Waals surface area (Å²) in [7, 11) is 0. The van der Waals surface area contributed by atoms with Crippen LogP contribution in [0.25, 0.3) is 0 Å². The number of unbranched alkanes of at least 4 members (excludes halogenated alkanes) is 3. The molecule has 0 rings (SSSR count). The third-order valence-electron chi connectivity index (χ3n) is 4.39. The number of hydrogen-bond donors (Lipinski definition) is 0. The van der Waals surface area contributed by atoms with E-state index in [1.807, 2.05) is 0 Å². The Morgan fingerprint density at radius 1 is 0.500 bits per heavy atom. The monoisotopic (exact) mass is 336 g/mol. The maximum Gasteiger partial charge on any atom is 0.0163 e. The summed E-state index contributed by atoms with van der Waals surface area (Å²) in [5.41, 5.74) is 0. The van der Waals surface area contributed by atoms with Gasteiger partial charge >= 0.3 is 0 Å². The van der Waals surface area contributed by atoms with Crippen LogP contribution in [0.5, 0.6) is 0 Å². The summed E-state index contributed by atoms with van der Waals surface area (Å²) in [5, 5.41) is 0. The van der Waals surface area contributed by atoms with Gasteiger partial charge in [-0.05, 0) is 64.7 Å². The van der Waals surface area contributed by atoms with Gasteiger partial charge in [-0.3, -0.25) is 9.80 Å². The molecule has 0 amide bonds. The minimum atomic E-state index is 1.13. The average molecular weight is 337 g/mol. The van der Waals surface area contributed by atoms with Gasteiger partial charge in [-0.1, -0.05) is 64.8 Å². The van der Waals surface area contributed by atoms with E-state index < -0.39 is 0 Å². The fraction of sp³-hybridized carbons (Fsp3) is 0.818. The van der Waals surface area contributed by atoms with Gasteiger partial charge in [0.1, 0.15) is 0 Å². The number of rotatable bonds is 17. The predicted octanol–water partition coefficient (Wildman–Crippen LogP) is 5.90. The van der Waals surface area contributed by atoms with Crippen molar-refractivity contribution < 1.29 is 0 Å². The topological polar surface area (TPSA) is 6.48 Å². The predicted molar refractivity (Wildman–Crippen MR) is 111 cm³/mol. The molecule has 0 aliphatic carbocycles. The van der Waals surface area contributed by atoms with Crippen LogP contribution < -0.4 is 0 Å². The standard InChI is InChI=1S/C22H44N2/c1-5-9-13-19-23(17-11-7-3)21-15-16-22-24(18-12-8-4)20-14-10-6-2/h9-10,13-14H,5-8,11-12,15-22H2,1-4H3/b13-9-,14-10-. The van der Waals surface area contributed by atoms with Crippen molar-refractivity contribution in [3.63, 3.8) is 0 Å². The molecule has 0 aromatic heterocycles. The van der Waals surface area contributed by atoms with Crippen molar-refractivity contribution in [2.75, 3.05) is 39.3 Å². The quantitative estimate of drug-likeness (QED) is 0.241. The van der Waals surface area contributed by atoms with Crippen molar-refractivity contribution in [1.29, 1.82) is 0 Å². The fourth-order valence-electron chi connectivity index (χ4n) is 2.80. The van der Waals surface area contributed by atoms with Crippen molar-refractivity contribution in [3.8, 4) is 0 Å². The van der Waals surface area contributed by atoms with Crippen LogP contribution in [0.3, 0.4) is 0 Å². The summed E-state index contributed by atoms with van der Waals surface area (Å²) in [4.78, 5) is 5.26. The van der Waals surface area contributed by atoms with E-state index >= 15 is 0 Å². The van der Waals surface area contributed by atoms with Crippen LogP contribution in [-0.4, -0.2) is 49.1 Å². The van der Waals surface area contributed by atoms with E-state index in [9.17, 15) is 0 Å². The van der Waals surface area contributed by atoms with Crippen molar-refractivity contribution in [2.45, 2.75) is 79.1 Å². The van der Waals surface area contributed by atoms with E-state index in [1.54, 1.807) is 0 Å². The molecule has 0 unspecified atom stereocenters. The molecule has 0 atom stereocenters. The Morgan fingerprint density at radius 2 is 0.875 bits per heavy atom. The van der Waals surface area contributed by atoms with Crippen LogP contribution in [0.4, 0.5) is 0 Å². The highest BCUT2D eigenvalue weighted by atomic mass is 15.1. The molecule has 0 N–H and O–H groups in total. The smallest absolute Gasteiger partial charge is 0.0163 e. The van der Waals surface area contributed by atoms with Gasteiger partial charge in [-0.2, -0.15) is 0 Å². The zero-order valence-corrected chi connectivity index (χ0v) is 17.1. The maximum absolute atomic E-state index is 2.63. The van der Waals surface area contributed by atoms with Gasteiger partial charge in [0.05, 0.1) is 0 Å². The molecular formula is C22H44N2. The largest absolute Gasteiger partial charge is 0.300 e. The molecule has 0 bridgehead atoms. The Hall–Kier alpha value is -0.600. The van der Waals surface area contributed by atoms with Gasteiger partial charge in [-0.25, -0.2) is 0 Å². The van der Waals surface area contributed by atoms with Gasteiger partial charge in [0.2, 0.25) is 0 Å². The molecule has 0 radical (unpaired) electrons. The molecule has 0 fully saturated rings. The van der Waals surface area contributed by atoms with Gasteiger partial charge in [0, 0.05) is 13.1 Å². The lowest BCUT2D eigenvalue weighted by molar-refractivity contribution is 0.261. The normalized spacial score (nSPS) is 12.4. The minimum absolute atomic E-state index is 1.13. The summed E-state index contributed by atoms with van der Waals surface area (Å²) in [6.07, 6.45) is 19.5. The Kier molecular flexibility index (Phi) is 18.3. The molecule has 2 nitrogen and oxygen atoms in total. The van der Waals surface area contributed by atoms with Crippen LogP contribution in [0.15, 0.2) is 24.3 Å².